The van der Waals surface area contributed by atoms with Crippen LogP contribution in [0.2, 0.25) is 0 Å². The van der Waals surface area contributed by atoms with Crippen LogP contribution in [0, 0.1) is 5.82 Å². The molecule has 1 rings (SSSR count). The van der Waals surface area contributed by atoms with Crippen LogP contribution in [0.25, 0.3) is 0 Å². The molecule has 0 unspecified atom stereocenters. The number of hydrogen-bond acceptors (Lipinski definition) is 2. The summed E-state index contributed by atoms with van der Waals surface area (Å²) in [5, 5.41) is 0. The maximum atomic E-state index is 13.1. The Morgan fingerprint density at radius 1 is 1.25 bits per heavy atom. The molecule has 112 valence electrons. The molecule has 0 saturated heterocycles. The van der Waals surface area contributed by atoms with Crippen molar-refractivity contribution in [2.24, 2.45) is 0 Å². The van der Waals surface area contributed by atoms with Crippen molar-refractivity contribution in [1.82, 2.24) is 4.90 Å². The Morgan fingerprint density at radius 2 is 2.00 bits per heavy atom. The smallest absolute Gasteiger partial charge is 0.164 e. The topological polar surface area (TPSA) is 20.3 Å². The van der Waals surface area contributed by atoms with Gasteiger partial charge in [-0.15, -0.1) is 0 Å². The van der Waals surface area contributed by atoms with Crippen LogP contribution in [0.3, 0.4) is 0 Å². The highest BCUT2D eigenvalue weighted by Gasteiger charge is 2.12. The minimum atomic E-state index is -0.348. The van der Waals surface area contributed by atoms with E-state index >= 15 is 0 Å². The number of unbranched alkanes of at least 4 members (excludes halogenated alkanes) is 2. The monoisotopic (exact) mass is 279 g/mol. The number of nitrogens with zero attached hydrogens (tertiary/aromatic N) is 1. The van der Waals surface area contributed by atoms with E-state index in [0.717, 1.165) is 13.1 Å². The zero-order valence-corrected chi connectivity index (χ0v) is 12.9. The van der Waals surface area contributed by atoms with Crippen molar-refractivity contribution in [3.8, 4) is 0 Å². The highest BCUT2D eigenvalue weighted by Crippen LogP contribution is 2.09. The van der Waals surface area contributed by atoms with E-state index in [1.807, 2.05) is 0 Å². The first-order valence-electron chi connectivity index (χ1n) is 7.57. The van der Waals surface area contributed by atoms with Gasteiger partial charge in [0.2, 0.25) is 0 Å². The van der Waals surface area contributed by atoms with Gasteiger partial charge in [0.05, 0.1) is 0 Å². The summed E-state index contributed by atoms with van der Waals surface area (Å²) in [7, 11) is 0. The molecule has 0 aliphatic rings. The van der Waals surface area contributed by atoms with Gasteiger partial charge in [-0.25, -0.2) is 4.39 Å². The van der Waals surface area contributed by atoms with Crippen LogP contribution in [-0.4, -0.2) is 29.8 Å². The Bertz CT molecular complexity index is 417. The number of benzene rings is 1. The second-order valence-corrected chi connectivity index (χ2v) is 5.52. The molecule has 1 aromatic rings. The lowest BCUT2D eigenvalue weighted by Gasteiger charge is -2.26. The normalized spacial score (nSPS) is 11.3. The van der Waals surface area contributed by atoms with Crippen molar-refractivity contribution in [3.05, 3.63) is 35.6 Å². The molecule has 0 aliphatic carbocycles. The van der Waals surface area contributed by atoms with Crippen molar-refractivity contribution in [1.29, 1.82) is 0 Å². The third-order valence-electron chi connectivity index (χ3n) is 3.55. The van der Waals surface area contributed by atoms with Crippen LogP contribution >= 0.6 is 0 Å². The molecule has 0 aliphatic heterocycles. The van der Waals surface area contributed by atoms with E-state index in [1.165, 1.54) is 31.4 Å². The summed E-state index contributed by atoms with van der Waals surface area (Å²) in [6.45, 7) is 8.27. The predicted molar refractivity (Wildman–Crippen MR) is 81.6 cm³/mol. The highest BCUT2D eigenvalue weighted by molar-refractivity contribution is 5.96. The Kier molecular flexibility index (Phi) is 7.45. The molecule has 0 fully saturated rings. The van der Waals surface area contributed by atoms with E-state index in [9.17, 15) is 9.18 Å². The van der Waals surface area contributed by atoms with E-state index in [4.69, 9.17) is 0 Å². The summed E-state index contributed by atoms with van der Waals surface area (Å²) in [5.41, 5.74) is 0.474. The predicted octanol–water partition coefficient (Wildman–Crippen LogP) is 4.30. The van der Waals surface area contributed by atoms with Crippen molar-refractivity contribution < 1.29 is 9.18 Å². The molecule has 0 atom stereocenters. The Hall–Kier alpha value is -1.22. The maximum Gasteiger partial charge on any atom is 0.164 e. The molecule has 3 heteroatoms. The molecule has 0 heterocycles. The van der Waals surface area contributed by atoms with Crippen LogP contribution in [0.4, 0.5) is 4.39 Å². The fraction of sp³-hybridized carbons (Fsp3) is 0.588. The summed E-state index contributed by atoms with van der Waals surface area (Å²) in [6.07, 6.45) is 4.05. The van der Waals surface area contributed by atoms with E-state index in [1.54, 1.807) is 12.1 Å². The molecule has 0 bridgehead atoms. The lowest BCUT2D eigenvalue weighted by Crippen LogP contribution is -2.33. The lowest BCUT2D eigenvalue weighted by molar-refractivity contribution is 0.0954. The molecular weight excluding hydrogens is 253 g/mol. The lowest BCUT2D eigenvalue weighted by atomic mass is 10.1. The molecule has 0 N–H and O–H groups in total. The number of carbonyl (C=O) groups is 1. The van der Waals surface area contributed by atoms with Gasteiger partial charge in [-0.05, 0) is 38.9 Å². The van der Waals surface area contributed by atoms with Gasteiger partial charge in [0.15, 0.2) is 5.78 Å². The number of carbonyl (C=O) groups excluding carboxylic acids is 1. The largest absolute Gasteiger partial charge is 0.300 e. The molecule has 0 saturated carbocycles. The summed E-state index contributed by atoms with van der Waals surface area (Å²) in [5.74, 6) is -0.329. The van der Waals surface area contributed by atoms with Gasteiger partial charge in [-0.1, -0.05) is 31.9 Å². The van der Waals surface area contributed by atoms with Crippen molar-refractivity contribution in [3.63, 3.8) is 0 Å². The van der Waals surface area contributed by atoms with Crippen molar-refractivity contribution >= 4 is 5.78 Å². The number of rotatable bonds is 9. The average molecular weight is 279 g/mol. The Morgan fingerprint density at radius 3 is 2.60 bits per heavy atom. The third kappa shape index (κ3) is 5.83. The molecule has 0 amide bonds. The van der Waals surface area contributed by atoms with E-state index in [2.05, 4.69) is 25.7 Å². The summed E-state index contributed by atoms with van der Waals surface area (Å²) < 4.78 is 13.1. The number of Topliss-reactive ketones (excluding diaryl/α,β-unsaturated/α-hetero) is 1. The van der Waals surface area contributed by atoms with Crippen LogP contribution in [0.15, 0.2) is 24.3 Å². The first kappa shape index (κ1) is 16.8. The Labute approximate surface area is 122 Å². The van der Waals surface area contributed by atoms with Gasteiger partial charge in [0.25, 0.3) is 0 Å². The minimum absolute atomic E-state index is 0.0191. The summed E-state index contributed by atoms with van der Waals surface area (Å²) in [4.78, 5) is 14.4. The van der Waals surface area contributed by atoms with E-state index < -0.39 is 0 Å². The van der Waals surface area contributed by atoms with Crippen molar-refractivity contribution in [2.75, 3.05) is 13.1 Å². The molecule has 2 nitrogen and oxygen atoms in total. The number of halogens is 1. The quantitative estimate of drug-likeness (QED) is 0.496. The fourth-order valence-corrected chi connectivity index (χ4v) is 2.24. The van der Waals surface area contributed by atoms with Gasteiger partial charge >= 0.3 is 0 Å². The van der Waals surface area contributed by atoms with E-state index in [0.29, 0.717) is 18.0 Å². The van der Waals surface area contributed by atoms with Gasteiger partial charge in [-0.3, -0.25) is 4.79 Å². The van der Waals surface area contributed by atoms with Crippen molar-refractivity contribution in [2.45, 2.75) is 52.5 Å². The van der Waals surface area contributed by atoms with Crippen LogP contribution < -0.4 is 0 Å². The molecule has 0 spiro atoms. The van der Waals surface area contributed by atoms with Crippen LogP contribution in [-0.2, 0) is 0 Å². The van der Waals surface area contributed by atoms with Gasteiger partial charge < -0.3 is 4.90 Å². The van der Waals surface area contributed by atoms with Gasteiger partial charge in [0.1, 0.15) is 5.82 Å². The number of ketones is 1. The fourth-order valence-electron chi connectivity index (χ4n) is 2.24. The highest BCUT2D eigenvalue weighted by atomic mass is 19.1. The van der Waals surface area contributed by atoms with Gasteiger partial charge in [-0.2, -0.15) is 0 Å². The standard InChI is InChI=1S/C17H26FNO/c1-4-5-6-11-19(14(2)3)12-10-17(20)15-8-7-9-16(18)13-15/h7-9,13-14H,4-6,10-12H2,1-3H3. The zero-order valence-electron chi connectivity index (χ0n) is 12.9. The molecule has 0 radical (unpaired) electrons. The minimum Gasteiger partial charge on any atom is -0.300 e. The zero-order chi connectivity index (χ0) is 15.0. The maximum absolute atomic E-state index is 13.1. The Balaban J connectivity index is 2.48. The molecule has 20 heavy (non-hydrogen) atoms. The molecule has 0 aromatic heterocycles. The second-order valence-electron chi connectivity index (χ2n) is 5.52. The van der Waals surface area contributed by atoms with E-state index in [-0.39, 0.29) is 11.6 Å². The summed E-state index contributed by atoms with van der Waals surface area (Å²) in [6, 6.07) is 6.39. The molecule has 1 aromatic carbocycles. The molecular formula is C17H26FNO. The van der Waals surface area contributed by atoms with Crippen LogP contribution in [0.5, 0.6) is 0 Å². The van der Waals surface area contributed by atoms with Crippen LogP contribution in [0.1, 0.15) is 56.8 Å². The number of hydrogen-bond donors (Lipinski definition) is 0. The average Bonchev–Trinajstić information content (AvgIpc) is 2.42. The SMILES string of the molecule is CCCCCN(CCC(=O)c1cccc(F)c1)C(C)C. The first-order chi connectivity index (χ1) is 9.54. The van der Waals surface area contributed by atoms with Gasteiger partial charge in [0, 0.05) is 24.6 Å². The second kappa shape index (κ2) is 8.85. The summed E-state index contributed by atoms with van der Waals surface area (Å²) >= 11 is 0. The first-order valence-corrected chi connectivity index (χ1v) is 7.57. The third-order valence-corrected chi connectivity index (χ3v) is 3.55.